The van der Waals surface area contributed by atoms with E-state index in [1.165, 1.54) is 57.4 Å². The lowest BCUT2D eigenvalue weighted by Crippen LogP contribution is -2.32. The minimum absolute atomic E-state index is 0.129. The van der Waals surface area contributed by atoms with Gasteiger partial charge in [-0.2, -0.15) is 4.39 Å². The number of rotatable bonds is 11. The first kappa shape index (κ1) is 29.7. The average molecular weight is 553 g/mol. The van der Waals surface area contributed by atoms with Crippen LogP contribution in [0.25, 0.3) is 0 Å². The van der Waals surface area contributed by atoms with Crippen molar-refractivity contribution in [2.45, 2.75) is 95.0 Å². The molecular formula is C25H40F2O7P2. The molecule has 206 valence electrons. The topological polar surface area (TPSA) is 124 Å². The summed E-state index contributed by atoms with van der Waals surface area (Å²) in [5, 5.41) is 6.50. The smallest absolute Gasteiger partial charge is 0.370 e. The van der Waals surface area contributed by atoms with Crippen LogP contribution in [0, 0.1) is 29.4 Å². The molecule has 3 rings (SSSR count). The average Bonchev–Trinajstić information content (AvgIpc) is 2.85. The molecule has 36 heavy (non-hydrogen) atoms. The van der Waals surface area contributed by atoms with Crippen molar-refractivity contribution in [1.29, 1.82) is 0 Å². The van der Waals surface area contributed by atoms with Gasteiger partial charge < -0.3 is 24.5 Å². The Morgan fingerprint density at radius 2 is 1.58 bits per heavy atom. The fourth-order valence-electron chi connectivity index (χ4n) is 5.96. The first-order chi connectivity index (χ1) is 17.0. The van der Waals surface area contributed by atoms with E-state index in [2.05, 4.69) is 6.92 Å². The molecule has 7 nitrogen and oxygen atoms in total. The van der Waals surface area contributed by atoms with Gasteiger partial charge in [-0.3, -0.25) is 9.13 Å². The third kappa shape index (κ3) is 6.98. The van der Waals surface area contributed by atoms with Gasteiger partial charge >= 0.3 is 7.60 Å². The Bertz CT molecular complexity index is 941. The Kier molecular flexibility index (Phi) is 10.6. The standard InChI is InChI=1S/C25H40F2O7P2/c1-2-3-4-5-17-6-8-18(9-7-17)19-10-12-20(13-11-19)21-14-15-22(24(27)23(21)26)34-16-25(28,35(29)30)36(31,32)33/h14-15,17-20,28,35H,2-13,16H2,1H3,(H,29,30)(H2,31,32,33). The fourth-order valence-corrected chi connectivity index (χ4v) is 7.38. The summed E-state index contributed by atoms with van der Waals surface area (Å²) in [5.41, 5.74) is 0.235. The molecule has 0 aromatic heterocycles. The van der Waals surface area contributed by atoms with Crippen LogP contribution >= 0.6 is 15.6 Å². The molecule has 2 unspecified atom stereocenters. The van der Waals surface area contributed by atoms with Crippen molar-refractivity contribution >= 4 is 15.6 Å². The van der Waals surface area contributed by atoms with E-state index in [1.807, 2.05) is 0 Å². The fraction of sp³-hybridized carbons (Fsp3) is 0.760. The van der Waals surface area contributed by atoms with Crippen LogP contribution in [0.5, 0.6) is 5.75 Å². The van der Waals surface area contributed by atoms with Crippen molar-refractivity contribution in [2.24, 2.45) is 17.8 Å². The zero-order valence-corrected chi connectivity index (χ0v) is 22.8. The summed E-state index contributed by atoms with van der Waals surface area (Å²) < 4.78 is 57.2. The molecule has 2 fully saturated rings. The van der Waals surface area contributed by atoms with E-state index in [4.69, 9.17) is 9.63 Å². The zero-order valence-electron chi connectivity index (χ0n) is 20.9. The Balaban J connectivity index is 1.55. The normalized spacial score (nSPS) is 27.9. The summed E-state index contributed by atoms with van der Waals surface area (Å²) in [7, 11) is -9.64. The molecule has 0 spiro atoms. The van der Waals surface area contributed by atoms with Crippen molar-refractivity contribution in [2.75, 3.05) is 6.61 Å². The van der Waals surface area contributed by atoms with Gasteiger partial charge in [-0.1, -0.05) is 51.5 Å². The maximum Gasteiger partial charge on any atom is 0.370 e. The first-order valence-electron chi connectivity index (χ1n) is 13.1. The zero-order chi connectivity index (χ0) is 26.5. The van der Waals surface area contributed by atoms with E-state index in [9.17, 15) is 32.8 Å². The second kappa shape index (κ2) is 12.8. The molecule has 1 aromatic rings. The lowest BCUT2D eigenvalue weighted by atomic mass is 9.68. The molecule has 2 aliphatic carbocycles. The molecule has 0 radical (unpaired) electrons. The van der Waals surface area contributed by atoms with E-state index in [-0.39, 0.29) is 11.5 Å². The maximum atomic E-state index is 14.9. The van der Waals surface area contributed by atoms with Crippen LogP contribution in [0.2, 0.25) is 0 Å². The van der Waals surface area contributed by atoms with E-state index in [0.717, 1.165) is 43.6 Å². The van der Waals surface area contributed by atoms with Gasteiger partial charge in [-0.15, -0.1) is 0 Å². The highest BCUT2D eigenvalue weighted by molar-refractivity contribution is 7.66. The third-order valence-electron chi connectivity index (χ3n) is 8.32. The van der Waals surface area contributed by atoms with Crippen LogP contribution in [0.1, 0.15) is 95.5 Å². The van der Waals surface area contributed by atoms with E-state index >= 15 is 0 Å². The number of aliphatic hydroxyl groups is 1. The lowest BCUT2D eigenvalue weighted by molar-refractivity contribution is 0.0963. The molecule has 2 atom stereocenters. The van der Waals surface area contributed by atoms with Crippen LogP contribution in [-0.4, -0.2) is 31.5 Å². The van der Waals surface area contributed by atoms with Crippen molar-refractivity contribution in [3.05, 3.63) is 29.3 Å². The van der Waals surface area contributed by atoms with E-state index in [0.29, 0.717) is 5.92 Å². The van der Waals surface area contributed by atoms with Gasteiger partial charge in [-0.25, -0.2) is 4.39 Å². The second-order valence-corrected chi connectivity index (χ2v) is 14.3. The van der Waals surface area contributed by atoms with Gasteiger partial charge in [0.2, 0.25) is 13.8 Å². The Morgan fingerprint density at radius 1 is 1.00 bits per heavy atom. The highest BCUT2D eigenvalue weighted by Crippen LogP contribution is 2.60. The van der Waals surface area contributed by atoms with Gasteiger partial charge in [0.05, 0.1) is 0 Å². The number of ether oxygens (including phenoxy) is 1. The van der Waals surface area contributed by atoms with Crippen molar-refractivity contribution in [1.82, 2.24) is 0 Å². The number of unbranched alkanes of at least 4 members (excludes halogenated alkanes) is 2. The summed E-state index contributed by atoms with van der Waals surface area (Å²) in [6.45, 7) is 0.877. The van der Waals surface area contributed by atoms with Crippen molar-refractivity contribution in [3.8, 4) is 5.75 Å². The lowest BCUT2D eigenvalue weighted by Gasteiger charge is -2.38. The third-order valence-corrected chi connectivity index (χ3v) is 11.7. The van der Waals surface area contributed by atoms with Gasteiger partial charge in [0.25, 0.3) is 5.08 Å². The monoisotopic (exact) mass is 552 g/mol. The number of halogens is 2. The molecule has 0 amide bonds. The summed E-state index contributed by atoms with van der Waals surface area (Å²) in [6, 6.07) is 2.52. The molecule has 0 aliphatic heterocycles. The predicted molar refractivity (Wildman–Crippen MR) is 134 cm³/mol. The van der Waals surface area contributed by atoms with E-state index < -0.39 is 44.7 Å². The van der Waals surface area contributed by atoms with Crippen molar-refractivity contribution < 1.29 is 42.4 Å². The van der Waals surface area contributed by atoms with Crippen LogP contribution in [-0.2, 0) is 9.13 Å². The summed E-state index contributed by atoms with van der Waals surface area (Å²) >= 11 is 0. The van der Waals surface area contributed by atoms with Gasteiger partial charge in [-0.05, 0) is 73.8 Å². The van der Waals surface area contributed by atoms with Gasteiger partial charge in [0.15, 0.2) is 11.6 Å². The van der Waals surface area contributed by atoms with Crippen LogP contribution < -0.4 is 4.74 Å². The SMILES string of the molecule is CCCCCC1CCC(C2CCC(c3ccc(OCC(O)([PH](=O)O)P(=O)(O)O)c(F)c3F)CC2)CC1. The Labute approximate surface area is 212 Å². The number of benzene rings is 1. The minimum atomic E-state index is -5.47. The highest BCUT2D eigenvalue weighted by atomic mass is 31.2. The molecule has 1 aromatic carbocycles. The molecule has 0 heterocycles. The van der Waals surface area contributed by atoms with Gasteiger partial charge in [0.1, 0.15) is 6.61 Å². The Hall–Kier alpha value is -0.820. The molecule has 2 saturated carbocycles. The Morgan fingerprint density at radius 3 is 2.11 bits per heavy atom. The molecule has 0 bridgehead atoms. The maximum absolute atomic E-state index is 14.9. The van der Waals surface area contributed by atoms with Gasteiger partial charge in [0, 0.05) is 0 Å². The minimum Gasteiger partial charge on any atom is -0.486 e. The van der Waals surface area contributed by atoms with E-state index in [1.54, 1.807) is 0 Å². The van der Waals surface area contributed by atoms with Crippen LogP contribution in [0.4, 0.5) is 8.78 Å². The molecule has 0 saturated heterocycles. The summed E-state index contributed by atoms with van der Waals surface area (Å²) in [6.07, 6.45) is 13.9. The summed E-state index contributed by atoms with van der Waals surface area (Å²) in [5.74, 6) is -1.05. The van der Waals surface area contributed by atoms with Crippen molar-refractivity contribution in [3.63, 3.8) is 0 Å². The quantitative estimate of drug-likeness (QED) is 0.188. The molecular weight excluding hydrogens is 512 g/mol. The predicted octanol–water partition coefficient (Wildman–Crippen LogP) is 6.29. The molecule has 2 aliphatic rings. The van der Waals surface area contributed by atoms with Crippen LogP contribution in [0.15, 0.2) is 12.1 Å². The largest absolute Gasteiger partial charge is 0.486 e. The first-order valence-corrected chi connectivity index (χ1v) is 16.1. The second-order valence-electron chi connectivity index (χ2n) is 10.6. The molecule has 11 heteroatoms. The molecule has 4 N–H and O–H groups in total. The number of hydrogen-bond donors (Lipinski definition) is 4. The van der Waals surface area contributed by atoms with Crippen LogP contribution in [0.3, 0.4) is 0 Å². The highest BCUT2D eigenvalue weighted by Gasteiger charge is 2.52. The number of hydrogen-bond acceptors (Lipinski definition) is 4. The summed E-state index contributed by atoms with van der Waals surface area (Å²) in [4.78, 5) is 27.5.